The number of amides is 1. The van der Waals surface area contributed by atoms with Crippen molar-refractivity contribution in [2.24, 2.45) is 5.73 Å². The zero-order valence-corrected chi connectivity index (χ0v) is 13.1. The van der Waals surface area contributed by atoms with Crippen molar-refractivity contribution in [3.05, 3.63) is 24.3 Å². The maximum Gasteiger partial charge on any atom is 0.245 e. The normalized spacial score (nSPS) is 25.0. The molecule has 2 aliphatic heterocycles. The minimum atomic E-state index is -3.25. The number of nitrogens with one attached hydrogen (secondary N) is 1. The van der Waals surface area contributed by atoms with E-state index in [-0.39, 0.29) is 5.91 Å². The molecule has 22 heavy (non-hydrogen) atoms. The number of rotatable bonds is 1. The van der Waals surface area contributed by atoms with Crippen molar-refractivity contribution in [1.29, 1.82) is 0 Å². The number of para-hydroxylation sites is 2. The topological polar surface area (TPSA) is 102 Å². The van der Waals surface area contributed by atoms with E-state index in [1.54, 1.807) is 18.2 Å². The Bertz CT molecular complexity index is 696. The van der Waals surface area contributed by atoms with Gasteiger partial charge in [0, 0.05) is 25.9 Å². The molecule has 1 amide bonds. The Balaban J connectivity index is 1.91. The molecule has 0 radical (unpaired) electrons. The van der Waals surface area contributed by atoms with Crippen LogP contribution >= 0.6 is 0 Å². The molecule has 2 heterocycles. The maximum absolute atomic E-state index is 12.3. The number of anilines is 1. The molecule has 0 saturated carbocycles. The van der Waals surface area contributed by atoms with E-state index in [1.165, 1.54) is 10.6 Å². The molecule has 120 valence electrons. The van der Waals surface area contributed by atoms with Crippen LogP contribution in [0.2, 0.25) is 0 Å². The Labute approximate surface area is 129 Å². The van der Waals surface area contributed by atoms with Crippen molar-refractivity contribution >= 4 is 21.6 Å². The first kappa shape index (κ1) is 15.3. The van der Waals surface area contributed by atoms with Gasteiger partial charge in [-0.15, -0.1) is 0 Å². The summed E-state index contributed by atoms with van der Waals surface area (Å²) in [5, 5.41) is 2.76. The van der Waals surface area contributed by atoms with Gasteiger partial charge in [0.15, 0.2) is 0 Å². The molecule has 7 nitrogen and oxygen atoms in total. The van der Waals surface area contributed by atoms with Gasteiger partial charge in [-0.3, -0.25) is 4.79 Å². The Hall–Kier alpha value is -1.64. The number of benzene rings is 1. The molecular weight excluding hydrogens is 306 g/mol. The van der Waals surface area contributed by atoms with E-state index in [4.69, 9.17) is 10.5 Å². The third-order valence-electron chi connectivity index (χ3n) is 4.35. The van der Waals surface area contributed by atoms with Gasteiger partial charge in [0.1, 0.15) is 17.4 Å². The molecule has 3 N–H and O–H groups in total. The van der Waals surface area contributed by atoms with Crippen LogP contribution in [0, 0.1) is 0 Å². The smallest absolute Gasteiger partial charge is 0.245 e. The number of piperidine rings is 1. The first-order valence-corrected chi connectivity index (χ1v) is 8.96. The van der Waals surface area contributed by atoms with Crippen LogP contribution in [-0.2, 0) is 14.8 Å². The number of nitrogens with two attached hydrogens (primary N) is 1. The molecule has 1 aromatic carbocycles. The Morgan fingerprint density at radius 2 is 1.95 bits per heavy atom. The van der Waals surface area contributed by atoms with Crippen LogP contribution in [0.15, 0.2) is 24.3 Å². The van der Waals surface area contributed by atoms with Crippen LogP contribution in [0.1, 0.15) is 12.8 Å². The maximum atomic E-state index is 12.3. The summed E-state index contributed by atoms with van der Waals surface area (Å²) in [4.78, 5) is 12.3. The van der Waals surface area contributed by atoms with Gasteiger partial charge < -0.3 is 15.8 Å². The lowest BCUT2D eigenvalue weighted by Crippen LogP contribution is -2.61. The van der Waals surface area contributed by atoms with Crippen molar-refractivity contribution in [2.45, 2.75) is 24.5 Å². The van der Waals surface area contributed by atoms with Crippen LogP contribution in [0.3, 0.4) is 0 Å². The molecule has 1 fully saturated rings. The molecular formula is C14H19N3O4S. The SMILES string of the molecule is CS(=O)(=O)N1CCC2(CC1)Oc1ccccc1NC(=O)C2N. The van der Waals surface area contributed by atoms with Crippen molar-refractivity contribution in [2.75, 3.05) is 24.7 Å². The summed E-state index contributed by atoms with van der Waals surface area (Å²) in [6, 6.07) is 6.31. The van der Waals surface area contributed by atoms with E-state index >= 15 is 0 Å². The first-order chi connectivity index (χ1) is 10.3. The van der Waals surface area contributed by atoms with Crippen LogP contribution in [0.5, 0.6) is 5.75 Å². The summed E-state index contributed by atoms with van der Waals surface area (Å²) in [5.41, 5.74) is 5.83. The van der Waals surface area contributed by atoms with Gasteiger partial charge in [-0.25, -0.2) is 12.7 Å². The zero-order valence-electron chi connectivity index (χ0n) is 12.3. The van der Waals surface area contributed by atoms with E-state index in [2.05, 4.69) is 5.32 Å². The standard InChI is InChI=1S/C14H19N3O4S/c1-22(19,20)17-8-6-14(7-9-17)12(15)13(18)16-10-4-2-3-5-11(10)21-14/h2-5,12H,6-9,15H2,1H3,(H,16,18). The minimum absolute atomic E-state index is 0.294. The molecule has 0 aliphatic carbocycles. The summed E-state index contributed by atoms with van der Waals surface area (Å²) in [5.74, 6) is 0.259. The third kappa shape index (κ3) is 2.57. The number of sulfonamides is 1. The molecule has 0 bridgehead atoms. The molecule has 1 aromatic rings. The average Bonchev–Trinajstić information content (AvgIpc) is 2.56. The average molecular weight is 325 g/mol. The second-order valence-electron chi connectivity index (χ2n) is 5.79. The molecule has 8 heteroatoms. The van der Waals surface area contributed by atoms with E-state index in [0.717, 1.165) is 0 Å². The number of carbonyl (C=O) groups is 1. The van der Waals surface area contributed by atoms with E-state index in [0.29, 0.717) is 37.4 Å². The second-order valence-corrected chi connectivity index (χ2v) is 7.77. The zero-order chi connectivity index (χ0) is 16.0. The van der Waals surface area contributed by atoms with Gasteiger partial charge in [-0.1, -0.05) is 12.1 Å². The highest BCUT2D eigenvalue weighted by Gasteiger charge is 2.48. The Morgan fingerprint density at radius 3 is 2.59 bits per heavy atom. The predicted octanol–water partition coefficient (Wildman–Crippen LogP) is 0.139. The molecule has 1 spiro atoms. The lowest BCUT2D eigenvalue weighted by Gasteiger charge is -2.42. The van der Waals surface area contributed by atoms with Crippen LogP contribution < -0.4 is 15.8 Å². The lowest BCUT2D eigenvalue weighted by atomic mass is 9.84. The van der Waals surface area contributed by atoms with Gasteiger partial charge in [0.05, 0.1) is 11.9 Å². The largest absolute Gasteiger partial charge is 0.483 e. The van der Waals surface area contributed by atoms with Crippen LogP contribution in [0.25, 0.3) is 0 Å². The van der Waals surface area contributed by atoms with Crippen molar-refractivity contribution in [3.8, 4) is 5.75 Å². The molecule has 0 aromatic heterocycles. The fourth-order valence-electron chi connectivity index (χ4n) is 3.00. The molecule has 3 rings (SSSR count). The van der Waals surface area contributed by atoms with Crippen LogP contribution in [0.4, 0.5) is 5.69 Å². The third-order valence-corrected chi connectivity index (χ3v) is 5.65. The fourth-order valence-corrected chi connectivity index (χ4v) is 3.85. The number of hydrogen-bond acceptors (Lipinski definition) is 5. The van der Waals surface area contributed by atoms with Gasteiger partial charge >= 0.3 is 0 Å². The molecule has 2 aliphatic rings. The van der Waals surface area contributed by atoms with Crippen molar-refractivity contribution in [3.63, 3.8) is 0 Å². The van der Waals surface area contributed by atoms with Crippen molar-refractivity contribution in [1.82, 2.24) is 4.31 Å². The first-order valence-electron chi connectivity index (χ1n) is 7.11. The molecule has 1 saturated heterocycles. The molecule has 1 atom stereocenters. The minimum Gasteiger partial charge on any atom is -0.483 e. The van der Waals surface area contributed by atoms with Gasteiger partial charge in [-0.05, 0) is 12.1 Å². The predicted molar refractivity (Wildman–Crippen MR) is 82.1 cm³/mol. The number of fused-ring (bicyclic) bond motifs is 1. The second kappa shape index (κ2) is 5.22. The highest BCUT2D eigenvalue weighted by atomic mass is 32.2. The fraction of sp³-hybridized carbons (Fsp3) is 0.500. The Morgan fingerprint density at radius 1 is 1.32 bits per heavy atom. The van der Waals surface area contributed by atoms with Crippen molar-refractivity contribution < 1.29 is 17.9 Å². The van der Waals surface area contributed by atoms with Gasteiger partial charge in [-0.2, -0.15) is 0 Å². The summed E-state index contributed by atoms with van der Waals surface area (Å²) >= 11 is 0. The lowest BCUT2D eigenvalue weighted by molar-refractivity contribution is -0.123. The van der Waals surface area contributed by atoms with E-state index in [1.807, 2.05) is 6.07 Å². The molecule has 1 unspecified atom stereocenters. The van der Waals surface area contributed by atoms with E-state index < -0.39 is 21.7 Å². The Kier molecular flexibility index (Phi) is 3.62. The number of carbonyl (C=O) groups excluding carboxylic acids is 1. The van der Waals surface area contributed by atoms with E-state index in [9.17, 15) is 13.2 Å². The van der Waals surface area contributed by atoms with Gasteiger partial charge in [0.25, 0.3) is 0 Å². The highest BCUT2D eigenvalue weighted by Crippen LogP contribution is 2.38. The van der Waals surface area contributed by atoms with Crippen LogP contribution in [-0.4, -0.2) is 49.6 Å². The van der Waals surface area contributed by atoms with Gasteiger partial charge in [0.2, 0.25) is 15.9 Å². The quantitative estimate of drug-likeness (QED) is 0.765. The number of nitrogens with zero attached hydrogens (tertiary/aromatic N) is 1. The monoisotopic (exact) mass is 325 g/mol. The number of hydrogen-bond donors (Lipinski definition) is 2. The summed E-state index contributed by atoms with van der Waals surface area (Å²) < 4.78 is 30.8. The number of ether oxygens (including phenoxy) is 1. The summed E-state index contributed by atoms with van der Waals surface area (Å²) in [6.45, 7) is 0.587. The summed E-state index contributed by atoms with van der Waals surface area (Å²) in [7, 11) is -3.25. The highest BCUT2D eigenvalue weighted by molar-refractivity contribution is 7.88. The summed E-state index contributed by atoms with van der Waals surface area (Å²) in [6.07, 6.45) is 1.94.